The molecule has 0 amide bonds. The molecule has 2 unspecified atom stereocenters. The van der Waals surface area contributed by atoms with Gasteiger partial charge >= 0.3 is 0 Å². The van der Waals surface area contributed by atoms with E-state index in [1.54, 1.807) is 4.68 Å². The van der Waals surface area contributed by atoms with Crippen LogP contribution in [0.1, 0.15) is 5.69 Å². The Balaban J connectivity index is 1.97. The number of rotatable bonds is 2. The second-order valence-corrected chi connectivity index (χ2v) is 3.57. The molecule has 1 saturated heterocycles. The molecule has 5 heteroatoms. The van der Waals surface area contributed by atoms with Gasteiger partial charge in [0.25, 0.3) is 0 Å². The Bertz CT molecular complexity index is 285. The fourth-order valence-corrected chi connectivity index (χ4v) is 1.68. The Kier molecular flexibility index (Phi) is 2.28. The lowest BCUT2D eigenvalue weighted by Crippen LogP contribution is -2.20. The zero-order chi connectivity index (χ0) is 9.26. The summed E-state index contributed by atoms with van der Waals surface area (Å²) < 4.78 is 1.68. The van der Waals surface area contributed by atoms with Crippen molar-refractivity contribution in [3.63, 3.8) is 0 Å². The standard InChI is InChI=1S/C8H14N4O/c1-12-5-7(10-11-12)2-6-3-9-4-8(6)13/h5-6,8-9,13H,2-4H2,1H3. The first-order chi connectivity index (χ1) is 6.25. The number of hydrogen-bond donors (Lipinski definition) is 2. The van der Waals surface area contributed by atoms with Crippen LogP contribution < -0.4 is 5.32 Å². The van der Waals surface area contributed by atoms with E-state index in [0.29, 0.717) is 6.54 Å². The topological polar surface area (TPSA) is 63.0 Å². The summed E-state index contributed by atoms with van der Waals surface area (Å²) in [5.41, 5.74) is 0.954. The van der Waals surface area contributed by atoms with Crippen molar-refractivity contribution in [2.75, 3.05) is 13.1 Å². The van der Waals surface area contributed by atoms with Crippen LogP contribution in [0.2, 0.25) is 0 Å². The van der Waals surface area contributed by atoms with Gasteiger partial charge in [-0.3, -0.25) is 4.68 Å². The lowest BCUT2D eigenvalue weighted by atomic mass is 10.0. The Hall–Kier alpha value is -0.940. The van der Waals surface area contributed by atoms with Crippen LogP contribution in [-0.2, 0) is 13.5 Å². The molecule has 1 aliphatic heterocycles. The Labute approximate surface area is 76.8 Å². The highest BCUT2D eigenvalue weighted by atomic mass is 16.3. The van der Waals surface area contributed by atoms with Crippen LogP contribution >= 0.6 is 0 Å². The monoisotopic (exact) mass is 182 g/mol. The predicted octanol–water partition coefficient (Wildman–Crippen LogP) is -1.06. The van der Waals surface area contributed by atoms with Gasteiger partial charge in [-0.05, 0) is 6.42 Å². The molecule has 0 radical (unpaired) electrons. The van der Waals surface area contributed by atoms with Crippen LogP contribution in [-0.4, -0.2) is 39.3 Å². The van der Waals surface area contributed by atoms with Crippen molar-refractivity contribution in [2.45, 2.75) is 12.5 Å². The number of aromatic nitrogens is 3. The highest BCUT2D eigenvalue weighted by Crippen LogP contribution is 2.13. The third-order valence-electron chi connectivity index (χ3n) is 2.43. The Morgan fingerprint density at radius 2 is 2.54 bits per heavy atom. The largest absolute Gasteiger partial charge is 0.391 e. The van der Waals surface area contributed by atoms with Gasteiger partial charge in [0.05, 0.1) is 11.8 Å². The summed E-state index contributed by atoms with van der Waals surface area (Å²) in [6.45, 7) is 1.57. The molecule has 5 nitrogen and oxygen atoms in total. The Morgan fingerprint density at radius 3 is 3.08 bits per heavy atom. The van der Waals surface area contributed by atoms with Crippen LogP contribution in [0.25, 0.3) is 0 Å². The summed E-state index contributed by atoms with van der Waals surface area (Å²) in [7, 11) is 1.85. The summed E-state index contributed by atoms with van der Waals surface area (Å²) in [6.07, 6.45) is 2.47. The maximum absolute atomic E-state index is 9.54. The molecule has 1 fully saturated rings. The molecule has 0 spiro atoms. The first-order valence-electron chi connectivity index (χ1n) is 4.49. The van der Waals surface area contributed by atoms with Gasteiger partial charge in [-0.1, -0.05) is 5.21 Å². The fraction of sp³-hybridized carbons (Fsp3) is 0.750. The lowest BCUT2D eigenvalue weighted by molar-refractivity contribution is 0.147. The van der Waals surface area contributed by atoms with Gasteiger partial charge in [0, 0.05) is 32.3 Å². The van der Waals surface area contributed by atoms with Crippen molar-refractivity contribution >= 4 is 0 Å². The van der Waals surface area contributed by atoms with E-state index in [1.165, 1.54) is 0 Å². The molecule has 2 rings (SSSR count). The number of aryl methyl sites for hydroxylation is 1. The van der Waals surface area contributed by atoms with Crippen molar-refractivity contribution in [2.24, 2.45) is 13.0 Å². The SMILES string of the molecule is Cn1cc(CC2CNCC2O)nn1. The third kappa shape index (κ3) is 1.87. The van der Waals surface area contributed by atoms with E-state index in [4.69, 9.17) is 0 Å². The molecule has 0 aliphatic carbocycles. The molecule has 1 aliphatic rings. The molecule has 0 bridgehead atoms. The average Bonchev–Trinajstić information content (AvgIpc) is 2.64. The van der Waals surface area contributed by atoms with Crippen molar-refractivity contribution in [1.29, 1.82) is 0 Å². The second kappa shape index (κ2) is 3.43. The van der Waals surface area contributed by atoms with Gasteiger partial charge in [-0.25, -0.2) is 0 Å². The number of hydrogen-bond acceptors (Lipinski definition) is 4. The van der Waals surface area contributed by atoms with Gasteiger partial charge in [-0.2, -0.15) is 0 Å². The lowest BCUT2D eigenvalue weighted by Gasteiger charge is -2.09. The molecule has 0 saturated carbocycles. The normalized spacial score (nSPS) is 28.2. The van der Waals surface area contributed by atoms with Gasteiger partial charge in [0.1, 0.15) is 0 Å². The minimum atomic E-state index is -0.234. The van der Waals surface area contributed by atoms with Crippen LogP contribution in [0.3, 0.4) is 0 Å². The number of aliphatic hydroxyl groups is 1. The van der Waals surface area contributed by atoms with Crippen LogP contribution in [0.15, 0.2) is 6.20 Å². The highest BCUT2D eigenvalue weighted by Gasteiger charge is 2.25. The number of aliphatic hydroxyl groups excluding tert-OH is 1. The molecule has 0 aromatic carbocycles. The van der Waals surface area contributed by atoms with Crippen molar-refractivity contribution in [3.8, 4) is 0 Å². The molecule has 72 valence electrons. The van der Waals surface area contributed by atoms with Gasteiger partial charge < -0.3 is 10.4 Å². The zero-order valence-corrected chi connectivity index (χ0v) is 7.64. The number of nitrogens with zero attached hydrogens (tertiary/aromatic N) is 3. The Morgan fingerprint density at radius 1 is 1.69 bits per heavy atom. The van der Waals surface area contributed by atoms with E-state index < -0.39 is 0 Å². The van der Waals surface area contributed by atoms with E-state index >= 15 is 0 Å². The van der Waals surface area contributed by atoms with E-state index in [0.717, 1.165) is 18.7 Å². The minimum Gasteiger partial charge on any atom is -0.391 e. The van der Waals surface area contributed by atoms with E-state index in [9.17, 15) is 5.11 Å². The first-order valence-corrected chi connectivity index (χ1v) is 4.49. The van der Waals surface area contributed by atoms with Crippen LogP contribution in [0, 0.1) is 5.92 Å². The van der Waals surface area contributed by atoms with Gasteiger partial charge in [-0.15, -0.1) is 5.10 Å². The quantitative estimate of drug-likeness (QED) is 0.612. The highest BCUT2D eigenvalue weighted by molar-refractivity contribution is 4.97. The molecule has 2 atom stereocenters. The molecule has 2 heterocycles. The molecule has 2 N–H and O–H groups in total. The summed E-state index contributed by atoms with van der Waals surface area (Å²) in [4.78, 5) is 0. The van der Waals surface area contributed by atoms with Crippen LogP contribution in [0.5, 0.6) is 0 Å². The van der Waals surface area contributed by atoms with E-state index in [-0.39, 0.29) is 12.0 Å². The number of nitrogens with one attached hydrogen (secondary N) is 1. The first kappa shape index (κ1) is 8.65. The summed E-state index contributed by atoms with van der Waals surface area (Å²) in [5, 5.41) is 20.5. The maximum Gasteiger partial charge on any atom is 0.0831 e. The van der Waals surface area contributed by atoms with Crippen LogP contribution in [0.4, 0.5) is 0 Å². The van der Waals surface area contributed by atoms with Crippen molar-refractivity contribution in [3.05, 3.63) is 11.9 Å². The molecular weight excluding hydrogens is 168 g/mol. The number of β-amino-alcohol motifs (C(OH)–C–C–N with tert-alkyl or cyclic N) is 1. The predicted molar refractivity (Wildman–Crippen MR) is 47.1 cm³/mol. The minimum absolute atomic E-state index is 0.234. The molecular formula is C8H14N4O. The summed E-state index contributed by atoms with van der Waals surface area (Å²) in [5.74, 6) is 0.289. The van der Waals surface area contributed by atoms with Gasteiger partial charge in [0.15, 0.2) is 0 Å². The van der Waals surface area contributed by atoms with Crippen molar-refractivity contribution in [1.82, 2.24) is 20.3 Å². The van der Waals surface area contributed by atoms with E-state index in [1.807, 2.05) is 13.2 Å². The van der Waals surface area contributed by atoms with Gasteiger partial charge in [0.2, 0.25) is 0 Å². The maximum atomic E-state index is 9.54. The summed E-state index contributed by atoms with van der Waals surface area (Å²) in [6, 6.07) is 0. The molecule has 13 heavy (non-hydrogen) atoms. The van der Waals surface area contributed by atoms with Crippen molar-refractivity contribution < 1.29 is 5.11 Å². The smallest absolute Gasteiger partial charge is 0.0831 e. The molecule has 1 aromatic heterocycles. The summed E-state index contributed by atoms with van der Waals surface area (Å²) >= 11 is 0. The zero-order valence-electron chi connectivity index (χ0n) is 7.64. The molecule has 1 aromatic rings. The second-order valence-electron chi connectivity index (χ2n) is 3.57. The fourth-order valence-electron chi connectivity index (χ4n) is 1.68. The average molecular weight is 182 g/mol. The third-order valence-corrected chi connectivity index (χ3v) is 2.43. The van der Waals surface area contributed by atoms with E-state index in [2.05, 4.69) is 15.6 Å².